The molecule has 21 heavy (non-hydrogen) atoms. The zero-order valence-electron chi connectivity index (χ0n) is 10.8. The smallest absolute Gasteiger partial charge is 0.318 e. The van der Waals surface area contributed by atoms with Crippen molar-refractivity contribution < 1.29 is 26.4 Å². The fourth-order valence-electron chi connectivity index (χ4n) is 2.41. The molecule has 1 aromatic rings. The third-order valence-electron chi connectivity index (χ3n) is 3.30. The topological polar surface area (TPSA) is 89.3 Å². The van der Waals surface area contributed by atoms with Gasteiger partial charge in [-0.05, 0) is 48.9 Å². The molecule has 0 saturated heterocycles. The highest BCUT2D eigenvalue weighted by Gasteiger charge is 2.39. The number of carbonyl (C=O) groups excluding carboxylic acids is 1. The van der Waals surface area contributed by atoms with Gasteiger partial charge in [-0.25, -0.2) is 13.6 Å². The van der Waals surface area contributed by atoms with Crippen LogP contribution >= 0.6 is 0 Å². The summed E-state index contributed by atoms with van der Waals surface area (Å²) >= 11 is 0. The standard InChI is InChI=1S/C12H13F3N2O3S/c13-12(14,15)11(18)17-9-5-6-10(21(16,19)20)8-4-2-1-3-7(8)9/h5-6H,1-4H2,(H,17,18)(H2,16,19,20). The van der Waals surface area contributed by atoms with E-state index in [1.54, 1.807) is 5.32 Å². The zero-order chi connectivity index (χ0) is 15.8. The molecule has 116 valence electrons. The average Bonchev–Trinajstić information content (AvgIpc) is 2.36. The summed E-state index contributed by atoms with van der Waals surface area (Å²) in [6.07, 6.45) is -2.79. The van der Waals surface area contributed by atoms with Crippen molar-refractivity contribution in [2.75, 3.05) is 5.32 Å². The second-order valence-corrected chi connectivity index (χ2v) is 6.30. The van der Waals surface area contributed by atoms with Gasteiger partial charge in [-0.15, -0.1) is 0 Å². The molecule has 0 atom stereocenters. The van der Waals surface area contributed by atoms with Crippen molar-refractivity contribution in [2.24, 2.45) is 5.14 Å². The Morgan fingerprint density at radius 2 is 1.71 bits per heavy atom. The first-order valence-electron chi connectivity index (χ1n) is 6.16. The van der Waals surface area contributed by atoms with E-state index in [2.05, 4.69) is 0 Å². The Balaban J connectivity index is 2.48. The first-order chi connectivity index (χ1) is 9.60. The minimum Gasteiger partial charge on any atom is -0.318 e. The molecule has 1 aliphatic carbocycles. The molecule has 0 saturated carbocycles. The second-order valence-electron chi connectivity index (χ2n) is 4.77. The Bertz CT molecular complexity index is 684. The van der Waals surface area contributed by atoms with Crippen LogP contribution in [0.3, 0.4) is 0 Å². The number of fused-ring (bicyclic) bond motifs is 1. The number of nitrogens with one attached hydrogen (secondary N) is 1. The molecule has 1 aliphatic rings. The number of alkyl halides is 3. The molecule has 0 aromatic heterocycles. The van der Waals surface area contributed by atoms with Crippen LogP contribution < -0.4 is 10.5 Å². The predicted octanol–water partition coefficient (Wildman–Crippen LogP) is 1.71. The number of primary sulfonamides is 1. The summed E-state index contributed by atoms with van der Waals surface area (Å²) < 4.78 is 59.9. The minimum absolute atomic E-state index is 0.0144. The Morgan fingerprint density at radius 3 is 2.24 bits per heavy atom. The molecule has 5 nitrogen and oxygen atoms in total. The summed E-state index contributed by atoms with van der Waals surface area (Å²) in [5.41, 5.74) is 0.786. The van der Waals surface area contributed by atoms with Crippen LogP contribution in [-0.4, -0.2) is 20.5 Å². The van der Waals surface area contributed by atoms with E-state index in [0.29, 0.717) is 36.8 Å². The summed E-state index contributed by atoms with van der Waals surface area (Å²) in [7, 11) is -3.95. The van der Waals surface area contributed by atoms with Gasteiger partial charge in [0.1, 0.15) is 0 Å². The van der Waals surface area contributed by atoms with E-state index in [-0.39, 0.29) is 10.6 Å². The van der Waals surface area contributed by atoms with E-state index in [1.165, 1.54) is 0 Å². The van der Waals surface area contributed by atoms with E-state index in [9.17, 15) is 26.4 Å². The molecule has 9 heteroatoms. The molecule has 1 aromatic carbocycles. The first-order valence-corrected chi connectivity index (χ1v) is 7.71. The molecule has 0 radical (unpaired) electrons. The minimum atomic E-state index is -5.00. The van der Waals surface area contributed by atoms with Gasteiger partial charge in [0.15, 0.2) is 0 Å². The maximum atomic E-state index is 12.3. The predicted molar refractivity (Wildman–Crippen MR) is 69.1 cm³/mol. The highest BCUT2D eigenvalue weighted by molar-refractivity contribution is 7.89. The highest BCUT2D eigenvalue weighted by atomic mass is 32.2. The van der Waals surface area contributed by atoms with E-state index in [1.807, 2.05) is 0 Å². The summed E-state index contributed by atoms with van der Waals surface area (Å²) in [6.45, 7) is 0. The molecular weight excluding hydrogens is 309 g/mol. The largest absolute Gasteiger partial charge is 0.471 e. The van der Waals surface area contributed by atoms with Crippen LogP contribution in [0.15, 0.2) is 17.0 Å². The second kappa shape index (κ2) is 5.30. The van der Waals surface area contributed by atoms with Crippen molar-refractivity contribution in [2.45, 2.75) is 36.8 Å². The number of nitrogens with two attached hydrogens (primary N) is 1. The van der Waals surface area contributed by atoms with Gasteiger partial charge < -0.3 is 5.32 Å². The van der Waals surface area contributed by atoms with Crippen molar-refractivity contribution >= 4 is 21.6 Å². The molecule has 0 fully saturated rings. The van der Waals surface area contributed by atoms with Crippen LogP contribution in [0.4, 0.5) is 18.9 Å². The van der Waals surface area contributed by atoms with Crippen molar-refractivity contribution in [3.63, 3.8) is 0 Å². The molecule has 0 spiro atoms. The number of halogens is 3. The van der Waals surface area contributed by atoms with Gasteiger partial charge in [-0.2, -0.15) is 13.2 Å². The summed E-state index contributed by atoms with van der Waals surface area (Å²) in [5, 5.41) is 6.90. The molecule has 3 N–H and O–H groups in total. The van der Waals surface area contributed by atoms with Gasteiger partial charge in [0, 0.05) is 5.69 Å². The zero-order valence-corrected chi connectivity index (χ0v) is 11.6. The van der Waals surface area contributed by atoms with Crippen LogP contribution in [0.1, 0.15) is 24.0 Å². The van der Waals surface area contributed by atoms with Crippen molar-refractivity contribution in [1.29, 1.82) is 0 Å². The van der Waals surface area contributed by atoms with E-state index in [0.717, 1.165) is 12.1 Å². The van der Waals surface area contributed by atoms with Gasteiger partial charge in [-0.1, -0.05) is 0 Å². The maximum Gasteiger partial charge on any atom is 0.471 e. The Hall–Kier alpha value is -1.61. The first kappa shape index (κ1) is 15.8. The fourth-order valence-corrected chi connectivity index (χ4v) is 3.24. The fraction of sp³-hybridized carbons (Fsp3) is 0.417. The molecule has 0 unspecified atom stereocenters. The lowest BCUT2D eigenvalue weighted by molar-refractivity contribution is -0.167. The van der Waals surface area contributed by atoms with Crippen molar-refractivity contribution in [1.82, 2.24) is 0 Å². The van der Waals surface area contributed by atoms with Crippen molar-refractivity contribution in [3.05, 3.63) is 23.3 Å². The van der Waals surface area contributed by atoms with Crippen LogP contribution in [0.2, 0.25) is 0 Å². The number of carbonyl (C=O) groups is 1. The third kappa shape index (κ3) is 3.35. The summed E-state index contributed by atoms with van der Waals surface area (Å²) in [4.78, 5) is 10.9. The number of hydrogen-bond acceptors (Lipinski definition) is 3. The Labute approximate surface area is 119 Å². The monoisotopic (exact) mass is 322 g/mol. The van der Waals surface area contributed by atoms with Gasteiger partial charge in [0.2, 0.25) is 10.0 Å². The van der Waals surface area contributed by atoms with Gasteiger partial charge >= 0.3 is 12.1 Å². The van der Waals surface area contributed by atoms with Crippen LogP contribution in [-0.2, 0) is 27.7 Å². The lowest BCUT2D eigenvalue weighted by atomic mass is 9.90. The molecule has 2 rings (SSSR count). The Morgan fingerprint density at radius 1 is 1.14 bits per heavy atom. The summed E-state index contributed by atoms with van der Waals surface area (Å²) in [6, 6.07) is 2.28. The third-order valence-corrected chi connectivity index (χ3v) is 4.30. The number of sulfonamides is 1. The number of rotatable bonds is 2. The maximum absolute atomic E-state index is 12.3. The SMILES string of the molecule is NS(=O)(=O)c1ccc(NC(=O)C(F)(F)F)c2c1CCCC2. The lowest BCUT2D eigenvalue weighted by Gasteiger charge is -2.22. The highest BCUT2D eigenvalue weighted by Crippen LogP contribution is 2.33. The van der Waals surface area contributed by atoms with E-state index < -0.39 is 22.1 Å². The van der Waals surface area contributed by atoms with Crippen LogP contribution in [0.5, 0.6) is 0 Å². The molecule has 0 heterocycles. The number of amides is 1. The lowest BCUT2D eigenvalue weighted by Crippen LogP contribution is -2.31. The average molecular weight is 322 g/mol. The normalized spacial score (nSPS) is 15.4. The Kier molecular flexibility index (Phi) is 3.98. The molecule has 0 aliphatic heterocycles. The van der Waals surface area contributed by atoms with Gasteiger partial charge in [-0.3, -0.25) is 4.79 Å². The quantitative estimate of drug-likeness (QED) is 0.868. The number of benzene rings is 1. The van der Waals surface area contributed by atoms with E-state index >= 15 is 0 Å². The van der Waals surface area contributed by atoms with Crippen LogP contribution in [0.25, 0.3) is 0 Å². The molecule has 1 amide bonds. The number of hydrogen-bond donors (Lipinski definition) is 2. The number of anilines is 1. The molecular formula is C12H13F3N2O3S. The van der Waals surface area contributed by atoms with E-state index in [4.69, 9.17) is 5.14 Å². The van der Waals surface area contributed by atoms with Gasteiger partial charge in [0.25, 0.3) is 0 Å². The van der Waals surface area contributed by atoms with Gasteiger partial charge in [0.05, 0.1) is 4.90 Å². The summed E-state index contributed by atoms with van der Waals surface area (Å²) in [5.74, 6) is -2.08. The molecule has 0 bridgehead atoms. The van der Waals surface area contributed by atoms with Crippen LogP contribution in [0, 0.1) is 0 Å². The van der Waals surface area contributed by atoms with Crippen molar-refractivity contribution in [3.8, 4) is 0 Å².